The summed E-state index contributed by atoms with van der Waals surface area (Å²) < 4.78 is 46.4. The molecule has 0 spiro atoms. The summed E-state index contributed by atoms with van der Waals surface area (Å²) >= 11 is 0. The van der Waals surface area contributed by atoms with Crippen molar-refractivity contribution in [2.45, 2.75) is 53.5 Å². The number of nitriles is 1. The van der Waals surface area contributed by atoms with Gasteiger partial charge in [0.2, 0.25) is 11.9 Å². The van der Waals surface area contributed by atoms with Gasteiger partial charge >= 0.3 is 6.16 Å². The molecule has 1 amide bonds. The number of benzene rings is 1. The van der Waals surface area contributed by atoms with Crippen LogP contribution in [0.15, 0.2) is 6.07 Å². The minimum absolute atomic E-state index is 0.00215. The number of carbonyl (C=O) groups is 2. The van der Waals surface area contributed by atoms with E-state index in [-0.39, 0.29) is 49.8 Å². The second-order valence-corrected chi connectivity index (χ2v) is 10.2. The van der Waals surface area contributed by atoms with Crippen LogP contribution < -0.4 is 4.90 Å². The fourth-order valence-electron chi connectivity index (χ4n) is 3.36. The van der Waals surface area contributed by atoms with Crippen LogP contribution in [0.4, 0.5) is 19.5 Å². The molecule has 1 heterocycles. The number of imidazole rings is 1. The first kappa shape index (κ1) is 28.9. The van der Waals surface area contributed by atoms with Crippen LogP contribution in [0.5, 0.6) is 0 Å². The van der Waals surface area contributed by atoms with Gasteiger partial charge in [-0.15, -0.1) is 0 Å². The lowest BCUT2D eigenvalue weighted by Crippen LogP contribution is -2.40. The largest absolute Gasteiger partial charge is 0.510 e. The molecule has 0 unspecified atom stereocenters. The Bertz CT molecular complexity index is 1140. The summed E-state index contributed by atoms with van der Waals surface area (Å²) in [7, 11) is 0. The van der Waals surface area contributed by atoms with Crippen LogP contribution in [-0.4, -0.2) is 59.9 Å². The predicted octanol–water partition coefficient (Wildman–Crippen LogP) is 3.83. The van der Waals surface area contributed by atoms with E-state index in [1.54, 1.807) is 26.8 Å². The summed E-state index contributed by atoms with van der Waals surface area (Å²) in [5.41, 5.74) is -2.55. The van der Waals surface area contributed by atoms with Gasteiger partial charge in [-0.1, -0.05) is 20.8 Å². The average molecular weight is 511 g/mol. The number of amides is 1. The number of aliphatic hydroxyl groups excluding tert-OH is 1. The Morgan fingerprint density at radius 2 is 1.81 bits per heavy atom. The Morgan fingerprint density at radius 3 is 2.36 bits per heavy atom. The molecule has 10 nitrogen and oxygen atoms in total. The van der Waals surface area contributed by atoms with Crippen molar-refractivity contribution in [3.05, 3.63) is 23.3 Å². The number of anilines is 1. The Hall–Kier alpha value is -3.30. The number of rotatable bonds is 9. The molecule has 198 valence electrons. The second-order valence-electron chi connectivity index (χ2n) is 10.2. The lowest BCUT2D eigenvalue weighted by atomic mass is 9.92. The van der Waals surface area contributed by atoms with E-state index in [4.69, 9.17) is 19.3 Å². The Kier molecular flexibility index (Phi) is 9.34. The number of fused-ring (bicyclic) bond motifs is 1. The van der Waals surface area contributed by atoms with Gasteiger partial charge < -0.3 is 23.9 Å². The molecule has 1 aromatic carbocycles. The van der Waals surface area contributed by atoms with E-state index in [1.807, 2.05) is 20.8 Å². The fourth-order valence-corrected chi connectivity index (χ4v) is 3.36. The van der Waals surface area contributed by atoms with Gasteiger partial charge in [0.25, 0.3) is 0 Å². The standard InChI is InChI=1S/C24H32F2N4O6/c1-23(2,3)12-17(32)29(14-36-22(33)35-10-9-34-8-7-31)21-28-19-16(25)11-15(13-27)18(26)20(19)30(21)24(4,5)6/h11,31H,7-10,12,14H2,1-6H3. The van der Waals surface area contributed by atoms with Crippen molar-refractivity contribution in [2.75, 3.05) is 38.1 Å². The summed E-state index contributed by atoms with van der Waals surface area (Å²) in [6.45, 7) is 9.72. The monoisotopic (exact) mass is 510 g/mol. The number of ether oxygens (including phenoxy) is 3. The van der Waals surface area contributed by atoms with Crippen LogP contribution in [0.25, 0.3) is 11.0 Å². The molecule has 0 saturated heterocycles. The van der Waals surface area contributed by atoms with Crippen molar-refractivity contribution in [2.24, 2.45) is 5.41 Å². The molecule has 0 atom stereocenters. The number of hydrogen-bond acceptors (Lipinski definition) is 8. The molecule has 0 aliphatic carbocycles. The maximum Gasteiger partial charge on any atom is 0.510 e. The van der Waals surface area contributed by atoms with E-state index in [2.05, 4.69) is 4.98 Å². The van der Waals surface area contributed by atoms with Crippen LogP contribution in [0, 0.1) is 28.4 Å². The normalized spacial score (nSPS) is 11.9. The van der Waals surface area contributed by atoms with Crippen LogP contribution in [0.3, 0.4) is 0 Å². The van der Waals surface area contributed by atoms with Gasteiger partial charge in [-0.05, 0) is 32.3 Å². The van der Waals surface area contributed by atoms with E-state index in [0.29, 0.717) is 0 Å². The van der Waals surface area contributed by atoms with Gasteiger partial charge in [-0.3, -0.25) is 4.79 Å². The van der Waals surface area contributed by atoms with E-state index in [0.717, 1.165) is 11.0 Å². The van der Waals surface area contributed by atoms with E-state index < -0.39 is 46.9 Å². The summed E-state index contributed by atoms with van der Waals surface area (Å²) in [5.74, 6) is -2.57. The molecule has 0 radical (unpaired) electrons. The first-order chi connectivity index (χ1) is 16.7. The van der Waals surface area contributed by atoms with Gasteiger partial charge in [0.15, 0.2) is 18.4 Å². The van der Waals surface area contributed by atoms with Crippen molar-refractivity contribution >= 4 is 29.0 Å². The summed E-state index contributed by atoms with van der Waals surface area (Å²) in [5, 5.41) is 17.9. The summed E-state index contributed by atoms with van der Waals surface area (Å²) in [6, 6.07) is 2.37. The highest BCUT2D eigenvalue weighted by atomic mass is 19.1. The molecule has 0 aliphatic rings. The Morgan fingerprint density at radius 1 is 1.14 bits per heavy atom. The van der Waals surface area contributed by atoms with Gasteiger partial charge in [-0.2, -0.15) is 5.26 Å². The number of nitrogens with zero attached hydrogens (tertiary/aromatic N) is 4. The highest BCUT2D eigenvalue weighted by Crippen LogP contribution is 2.35. The quantitative estimate of drug-likeness (QED) is 0.306. The first-order valence-corrected chi connectivity index (χ1v) is 11.3. The fraction of sp³-hybridized carbons (Fsp3) is 0.583. The molecule has 0 bridgehead atoms. The molecule has 0 aliphatic heterocycles. The molecule has 0 saturated carbocycles. The van der Waals surface area contributed by atoms with Crippen LogP contribution in [-0.2, 0) is 24.5 Å². The van der Waals surface area contributed by atoms with Crippen molar-refractivity contribution in [3.8, 4) is 6.07 Å². The smallest absolute Gasteiger partial charge is 0.432 e. The molecule has 1 N–H and O–H groups in total. The van der Waals surface area contributed by atoms with Crippen molar-refractivity contribution in [1.82, 2.24) is 9.55 Å². The first-order valence-electron chi connectivity index (χ1n) is 11.3. The second kappa shape index (κ2) is 11.6. The molecule has 36 heavy (non-hydrogen) atoms. The zero-order chi connectivity index (χ0) is 27.3. The van der Waals surface area contributed by atoms with Gasteiger partial charge in [0.05, 0.1) is 25.4 Å². The number of carbonyl (C=O) groups excluding carboxylic acids is 2. The zero-order valence-electron chi connectivity index (χ0n) is 21.4. The Labute approximate surface area is 208 Å². The van der Waals surface area contributed by atoms with Crippen molar-refractivity contribution < 1.29 is 37.7 Å². The lowest BCUT2D eigenvalue weighted by Gasteiger charge is -2.30. The van der Waals surface area contributed by atoms with E-state index in [9.17, 15) is 19.2 Å². The molecular weight excluding hydrogens is 478 g/mol. The lowest BCUT2D eigenvalue weighted by molar-refractivity contribution is -0.121. The zero-order valence-corrected chi connectivity index (χ0v) is 21.4. The van der Waals surface area contributed by atoms with Crippen molar-refractivity contribution in [3.63, 3.8) is 0 Å². The number of hydrogen-bond donors (Lipinski definition) is 1. The SMILES string of the molecule is CC(C)(C)CC(=O)N(COC(=O)OCCOCCO)c1nc2c(F)cc(C#N)c(F)c2n1C(C)(C)C. The van der Waals surface area contributed by atoms with Gasteiger partial charge in [-0.25, -0.2) is 23.5 Å². The van der Waals surface area contributed by atoms with Crippen LogP contribution >= 0.6 is 0 Å². The third-order valence-electron chi connectivity index (χ3n) is 4.81. The molecule has 12 heteroatoms. The van der Waals surface area contributed by atoms with E-state index in [1.165, 1.54) is 4.57 Å². The maximum atomic E-state index is 15.2. The number of aromatic nitrogens is 2. The summed E-state index contributed by atoms with van der Waals surface area (Å²) in [4.78, 5) is 30.6. The molecular formula is C24H32F2N4O6. The average Bonchev–Trinajstić information content (AvgIpc) is 3.16. The van der Waals surface area contributed by atoms with E-state index >= 15 is 4.39 Å². The molecule has 1 aromatic heterocycles. The molecule has 2 aromatic rings. The third-order valence-corrected chi connectivity index (χ3v) is 4.81. The predicted molar refractivity (Wildman–Crippen MR) is 126 cm³/mol. The minimum Gasteiger partial charge on any atom is -0.432 e. The topological polar surface area (TPSA) is 127 Å². The van der Waals surface area contributed by atoms with Crippen molar-refractivity contribution in [1.29, 1.82) is 5.26 Å². The maximum absolute atomic E-state index is 15.2. The summed E-state index contributed by atoms with van der Waals surface area (Å²) in [6.07, 6.45) is -1.10. The minimum atomic E-state index is -1.10. The van der Waals surface area contributed by atoms with Crippen LogP contribution in [0.2, 0.25) is 0 Å². The molecule has 0 fully saturated rings. The van der Waals surface area contributed by atoms with Gasteiger partial charge in [0, 0.05) is 12.0 Å². The van der Waals surface area contributed by atoms with Crippen LogP contribution in [0.1, 0.15) is 53.5 Å². The highest BCUT2D eigenvalue weighted by Gasteiger charge is 2.34. The molecule has 2 rings (SSSR count). The number of aliphatic hydroxyl groups is 1. The van der Waals surface area contributed by atoms with Gasteiger partial charge in [0.1, 0.15) is 23.7 Å². The highest BCUT2D eigenvalue weighted by molar-refractivity contribution is 5.94. The number of halogens is 2. The third kappa shape index (κ3) is 7.11. The Balaban J connectivity index is 2.52.